The van der Waals surface area contributed by atoms with E-state index in [-0.39, 0.29) is 5.41 Å². The minimum absolute atomic E-state index is 0.0823. The van der Waals surface area contributed by atoms with E-state index in [1.54, 1.807) is 6.92 Å². The second kappa shape index (κ2) is 2.80. The second-order valence-electron chi connectivity index (χ2n) is 3.79. The van der Waals surface area contributed by atoms with E-state index >= 15 is 0 Å². The van der Waals surface area contributed by atoms with Gasteiger partial charge in [-0.1, -0.05) is 5.57 Å². The van der Waals surface area contributed by atoms with Crippen molar-refractivity contribution in [3.63, 3.8) is 0 Å². The van der Waals surface area contributed by atoms with E-state index in [2.05, 4.69) is 6.58 Å². The summed E-state index contributed by atoms with van der Waals surface area (Å²) in [5, 5.41) is 0. The van der Waals surface area contributed by atoms with Crippen molar-refractivity contribution in [3.8, 4) is 0 Å². The van der Waals surface area contributed by atoms with Crippen molar-refractivity contribution in [1.29, 1.82) is 0 Å². The summed E-state index contributed by atoms with van der Waals surface area (Å²) in [5.74, 6) is 0.374. The fourth-order valence-electron chi connectivity index (χ4n) is 1.38. The number of ketones is 1. The van der Waals surface area contributed by atoms with Crippen molar-refractivity contribution in [2.45, 2.75) is 39.5 Å². The van der Waals surface area contributed by atoms with Gasteiger partial charge in [-0.2, -0.15) is 0 Å². The maximum absolute atomic E-state index is 11.1. The number of carbonyl (C=O) groups is 1. The molecule has 1 heteroatoms. The van der Waals surface area contributed by atoms with E-state index in [0.29, 0.717) is 5.78 Å². The van der Waals surface area contributed by atoms with Gasteiger partial charge in [-0.15, -0.1) is 6.58 Å². The van der Waals surface area contributed by atoms with Gasteiger partial charge in [-0.05, 0) is 39.5 Å². The van der Waals surface area contributed by atoms with E-state index in [9.17, 15) is 4.79 Å². The van der Waals surface area contributed by atoms with Crippen LogP contribution in [0.4, 0.5) is 0 Å². The fraction of sp³-hybridized carbons (Fsp3) is 0.700. The van der Waals surface area contributed by atoms with Gasteiger partial charge in [0, 0.05) is 5.41 Å². The van der Waals surface area contributed by atoms with Gasteiger partial charge in [-0.3, -0.25) is 4.79 Å². The summed E-state index contributed by atoms with van der Waals surface area (Å²) in [6.45, 7) is 7.57. The van der Waals surface area contributed by atoms with Crippen molar-refractivity contribution in [1.82, 2.24) is 0 Å². The Bertz CT molecular complexity index is 187. The predicted molar refractivity (Wildman–Crippen MR) is 46.4 cm³/mol. The molecule has 0 aromatic rings. The Balaban J connectivity index is 2.36. The highest BCUT2D eigenvalue weighted by Crippen LogP contribution is 2.50. The number of allylic oxidation sites excluding steroid dienone is 1. The summed E-state index contributed by atoms with van der Waals surface area (Å²) in [7, 11) is 0. The molecule has 11 heavy (non-hydrogen) atoms. The Labute approximate surface area is 68.5 Å². The van der Waals surface area contributed by atoms with Gasteiger partial charge in [0.05, 0.1) is 0 Å². The Morgan fingerprint density at radius 2 is 2.00 bits per heavy atom. The molecule has 1 aliphatic rings. The van der Waals surface area contributed by atoms with E-state index in [1.165, 1.54) is 5.57 Å². The normalized spacial score (nSPS) is 19.5. The van der Waals surface area contributed by atoms with Crippen molar-refractivity contribution in [2.24, 2.45) is 5.41 Å². The summed E-state index contributed by atoms with van der Waals surface area (Å²) in [5.41, 5.74) is 1.27. The van der Waals surface area contributed by atoms with Crippen molar-refractivity contribution in [2.75, 3.05) is 0 Å². The molecule has 0 N–H and O–H groups in total. The Hall–Kier alpha value is -0.590. The molecule has 0 saturated heterocycles. The van der Waals surface area contributed by atoms with Crippen LogP contribution in [0.1, 0.15) is 39.5 Å². The number of carbonyl (C=O) groups excluding carboxylic acids is 1. The molecular formula is C10H16O. The number of rotatable bonds is 4. The van der Waals surface area contributed by atoms with Crippen LogP contribution >= 0.6 is 0 Å². The fourth-order valence-corrected chi connectivity index (χ4v) is 1.38. The van der Waals surface area contributed by atoms with Gasteiger partial charge in [-0.25, -0.2) is 0 Å². The third-order valence-electron chi connectivity index (χ3n) is 2.63. The minimum atomic E-state index is 0.0823. The highest BCUT2D eigenvalue weighted by molar-refractivity contribution is 5.84. The van der Waals surface area contributed by atoms with Gasteiger partial charge in [0.25, 0.3) is 0 Å². The van der Waals surface area contributed by atoms with Crippen LogP contribution < -0.4 is 0 Å². The summed E-state index contributed by atoms with van der Waals surface area (Å²) >= 11 is 0. The Morgan fingerprint density at radius 1 is 1.45 bits per heavy atom. The molecule has 0 aromatic heterocycles. The Morgan fingerprint density at radius 3 is 2.27 bits per heavy atom. The molecule has 0 aliphatic heterocycles. The van der Waals surface area contributed by atoms with Crippen LogP contribution in [-0.4, -0.2) is 5.78 Å². The largest absolute Gasteiger partial charge is 0.299 e. The van der Waals surface area contributed by atoms with Crippen LogP contribution in [0.3, 0.4) is 0 Å². The lowest BCUT2D eigenvalue weighted by Crippen LogP contribution is -2.11. The van der Waals surface area contributed by atoms with Gasteiger partial charge < -0.3 is 0 Å². The standard InChI is InChI=1S/C10H16O/c1-8(2)4-5-10(6-7-10)9(3)11/h1,4-7H2,2-3H3. The smallest absolute Gasteiger partial charge is 0.135 e. The minimum Gasteiger partial charge on any atom is -0.299 e. The first kappa shape index (κ1) is 8.51. The molecular weight excluding hydrogens is 136 g/mol. The molecule has 1 rings (SSSR count). The van der Waals surface area contributed by atoms with Crippen LogP contribution in [0.15, 0.2) is 12.2 Å². The molecule has 1 fully saturated rings. The zero-order chi connectivity index (χ0) is 8.48. The maximum Gasteiger partial charge on any atom is 0.135 e. The SMILES string of the molecule is C=C(C)CCC1(C(C)=O)CC1. The monoisotopic (exact) mass is 152 g/mol. The molecule has 0 amide bonds. The van der Waals surface area contributed by atoms with Crippen LogP contribution in [0.2, 0.25) is 0 Å². The molecule has 0 aromatic carbocycles. The molecule has 1 saturated carbocycles. The van der Waals surface area contributed by atoms with Gasteiger partial charge in [0.2, 0.25) is 0 Å². The lowest BCUT2D eigenvalue weighted by atomic mass is 9.94. The number of Topliss-reactive ketones (excluding diaryl/α,β-unsaturated/α-hetero) is 1. The maximum atomic E-state index is 11.1. The summed E-state index contributed by atoms with van der Waals surface area (Å²) in [6, 6.07) is 0. The first-order valence-electron chi connectivity index (χ1n) is 4.22. The molecule has 1 nitrogen and oxygen atoms in total. The third-order valence-corrected chi connectivity index (χ3v) is 2.63. The molecule has 0 radical (unpaired) electrons. The van der Waals surface area contributed by atoms with Crippen LogP contribution in [0.5, 0.6) is 0 Å². The third kappa shape index (κ3) is 1.92. The van der Waals surface area contributed by atoms with Crippen molar-refractivity contribution >= 4 is 5.78 Å². The van der Waals surface area contributed by atoms with Gasteiger partial charge >= 0.3 is 0 Å². The van der Waals surface area contributed by atoms with E-state index in [4.69, 9.17) is 0 Å². The molecule has 62 valence electrons. The summed E-state index contributed by atoms with van der Waals surface area (Å²) in [6.07, 6.45) is 4.25. The van der Waals surface area contributed by atoms with Gasteiger partial charge in [0.1, 0.15) is 5.78 Å². The lowest BCUT2D eigenvalue weighted by molar-refractivity contribution is -0.122. The topological polar surface area (TPSA) is 17.1 Å². The molecule has 1 aliphatic carbocycles. The second-order valence-corrected chi connectivity index (χ2v) is 3.79. The van der Waals surface area contributed by atoms with E-state index < -0.39 is 0 Å². The predicted octanol–water partition coefficient (Wildman–Crippen LogP) is 2.71. The zero-order valence-electron chi connectivity index (χ0n) is 7.44. The quantitative estimate of drug-likeness (QED) is 0.566. The molecule has 0 unspecified atom stereocenters. The Kier molecular flexibility index (Phi) is 2.17. The van der Waals surface area contributed by atoms with Crippen LogP contribution in [0.25, 0.3) is 0 Å². The molecule has 0 bridgehead atoms. The molecule has 0 atom stereocenters. The molecule has 0 spiro atoms. The summed E-state index contributed by atoms with van der Waals surface area (Å²) < 4.78 is 0. The average Bonchev–Trinajstić information content (AvgIpc) is 2.63. The zero-order valence-corrected chi connectivity index (χ0v) is 7.44. The number of hydrogen-bond donors (Lipinski definition) is 0. The highest BCUT2D eigenvalue weighted by atomic mass is 16.1. The summed E-state index contributed by atoms with van der Waals surface area (Å²) in [4.78, 5) is 11.1. The van der Waals surface area contributed by atoms with Crippen LogP contribution in [-0.2, 0) is 4.79 Å². The first-order valence-corrected chi connectivity index (χ1v) is 4.22. The number of hydrogen-bond acceptors (Lipinski definition) is 1. The van der Waals surface area contributed by atoms with Crippen molar-refractivity contribution in [3.05, 3.63) is 12.2 Å². The highest BCUT2D eigenvalue weighted by Gasteiger charge is 2.46. The first-order chi connectivity index (χ1) is 5.07. The van der Waals surface area contributed by atoms with Crippen molar-refractivity contribution < 1.29 is 4.79 Å². The molecule has 0 heterocycles. The van der Waals surface area contributed by atoms with E-state index in [1.807, 2.05) is 6.92 Å². The lowest BCUT2D eigenvalue weighted by Gasteiger charge is -2.09. The average molecular weight is 152 g/mol. The van der Waals surface area contributed by atoms with Gasteiger partial charge in [0.15, 0.2) is 0 Å². The van der Waals surface area contributed by atoms with Crippen LogP contribution in [0, 0.1) is 5.41 Å². The van der Waals surface area contributed by atoms with E-state index in [0.717, 1.165) is 25.7 Å².